The van der Waals surface area contributed by atoms with Crippen molar-refractivity contribution in [1.29, 1.82) is 0 Å². The third kappa shape index (κ3) is 7.54. The molecule has 0 saturated heterocycles. The second-order valence-electron chi connectivity index (χ2n) is 8.48. The maximum absolute atomic E-state index is 11.7. The SMILES string of the molecule is CCCCCOC(=O)C=CC1CCC(C2CCC(CCC)CC2)CC1. The lowest BCUT2D eigenvalue weighted by atomic mass is 9.69. The van der Waals surface area contributed by atoms with Crippen LogP contribution < -0.4 is 0 Å². The van der Waals surface area contributed by atoms with Crippen molar-refractivity contribution in [1.82, 2.24) is 0 Å². The molecule has 0 radical (unpaired) electrons. The Morgan fingerprint density at radius 3 is 2.12 bits per heavy atom. The molecule has 0 bridgehead atoms. The number of allylic oxidation sites excluding steroid dienone is 1. The number of rotatable bonds is 9. The van der Waals surface area contributed by atoms with Crippen molar-refractivity contribution >= 4 is 5.97 Å². The molecule has 2 nitrogen and oxygen atoms in total. The highest BCUT2D eigenvalue weighted by molar-refractivity contribution is 5.81. The highest BCUT2D eigenvalue weighted by Crippen LogP contribution is 2.42. The van der Waals surface area contributed by atoms with E-state index in [2.05, 4.69) is 19.9 Å². The second-order valence-corrected chi connectivity index (χ2v) is 8.48. The smallest absolute Gasteiger partial charge is 0.330 e. The molecule has 25 heavy (non-hydrogen) atoms. The summed E-state index contributed by atoms with van der Waals surface area (Å²) in [5.41, 5.74) is 0. The Morgan fingerprint density at radius 1 is 0.880 bits per heavy atom. The molecule has 0 atom stereocenters. The molecule has 2 saturated carbocycles. The molecule has 0 aromatic heterocycles. The second kappa shape index (κ2) is 11.8. The van der Waals surface area contributed by atoms with Crippen molar-refractivity contribution in [2.75, 3.05) is 6.61 Å². The van der Waals surface area contributed by atoms with Gasteiger partial charge in [-0.3, -0.25) is 0 Å². The first-order valence-corrected chi connectivity index (χ1v) is 11.1. The van der Waals surface area contributed by atoms with Crippen LogP contribution in [0.4, 0.5) is 0 Å². The Bertz CT molecular complexity index is 385. The van der Waals surface area contributed by atoms with Gasteiger partial charge in [-0.05, 0) is 68.6 Å². The highest BCUT2D eigenvalue weighted by atomic mass is 16.5. The van der Waals surface area contributed by atoms with E-state index >= 15 is 0 Å². The number of hydrogen-bond donors (Lipinski definition) is 0. The number of carbonyl (C=O) groups is 1. The van der Waals surface area contributed by atoms with Gasteiger partial charge in [0.2, 0.25) is 0 Å². The Balaban J connectivity index is 1.61. The molecule has 0 spiro atoms. The van der Waals surface area contributed by atoms with E-state index in [1.807, 2.05) is 0 Å². The highest BCUT2D eigenvalue weighted by Gasteiger charge is 2.30. The molecular weight excluding hydrogens is 308 g/mol. The molecular formula is C23H40O2. The summed E-state index contributed by atoms with van der Waals surface area (Å²) < 4.78 is 5.26. The maximum Gasteiger partial charge on any atom is 0.330 e. The predicted octanol–water partition coefficient (Wildman–Crippen LogP) is 6.69. The monoisotopic (exact) mass is 348 g/mol. The number of ether oxygens (including phenoxy) is 1. The van der Waals surface area contributed by atoms with Crippen molar-refractivity contribution in [2.24, 2.45) is 23.7 Å². The molecule has 0 unspecified atom stereocenters. The van der Waals surface area contributed by atoms with E-state index < -0.39 is 0 Å². The largest absolute Gasteiger partial charge is 0.463 e. The van der Waals surface area contributed by atoms with Crippen LogP contribution in [0.3, 0.4) is 0 Å². The van der Waals surface area contributed by atoms with Crippen molar-refractivity contribution < 1.29 is 9.53 Å². The van der Waals surface area contributed by atoms with Crippen molar-refractivity contribution in [3.05, 3.63) is 12.2 Å². The maximum atomic E-state index is 11.7. The Labute approximate surface area is 155 Å². The van der Waals surface area contributed by atoms with Crippen molar-refractivity contribution in [3.8, 4) is 0 Å². The molecule has 2 rings (SSSR count). The van der Waals surface area contributed by atoms with Crippen LogP contribution in [0.1, 0.15) is 97.3 Å². The Hall–Kier alpha value is -0.790. The standard InChI is InChI=1S/C23H40O2/c1-3-5-6-18-25-23(24)17-12-20-10-15-22(16-11-20)21-13-8-19(7-4-2)9-14-21/h12,17,19-22H,3-11,13-16,18H2,1-2H3. The van der Waals surface area contributed by atoms with Crippen LogP contribution in [-0.2, 0) is 9.53 Å². The Morgan fingerprint density at radius 2 is 1.52 bits per heavy atom. The van der Waals surface area contributed by atoms with Crippen molar-refractivity contribution in [2.45, 2.75) is 97.3 Å². The summed E-state index contributed by atoms with van der Waals surface area (Å²) in [5, 5.41) is 0. The number of hydrogen-bond acceptors (Lipinski definition) is 2. The van der Waals surface area contributed by atoms with E-state index in [1.54, 1.807) is 6.08 Å². The molecule has 0 aromatic carbocycles. The molecule has 0 aromatic rings. The minimum atomic E-state index is -0.146. The first kappa shape index (κ1) is 20.5. The normalized spacial score (nSPS) is 30.5. The van der Waals surface area contributed by atoms with Crippen LogP contribution in [0.2, 0.25) is 0 Å². The lowest BCUT2D eigenvalue weighted by Gasteiger charge is -2.37. The summed E-state index contributed by atoms with van der Waals surface area (Å²) >= 11 is 0. The molecule has 2 aliphatic rings. The third-order valence-corrected chi connectivity index (χ3v) is 6.57. The third-order valence-electron chi connectivity index (χ3n) is 6.57. The quantitative estimate of drug-likeness (QED) is 0.263. The van der Waals surface area contributed by atoms with E-state index in [1.165, 1.54) is 64.2 Å². The van der Waals surface area contributed by atoms with Gasteiger partial charge in [0.25, 0.3) is 0 Å². The molecule has 0 amide bonds. The van der Waals surface area contributed by atoms with E-state index in [9.17, 15) is 4.79 Å². The Kier molecular flexibility index (Phi) is 9.65. The van der Waals surface area contributed by atoms with Crippen LogP contribution >= 0.6 is 0 Å². The minimum Gasteiger partial charge on any atom is -0.463 e. The molecule has 0 heterocycles. The van der Waals surface area contributed by atoms with Gasteiger partial charge in [-0.25, -0.2) is 4.79 Å². The lowest BCUT2D eigenvalue weighted by Crippen LogP contribution is -2.25. The summed E-state index contributed by atoms with van der Waals surface area (Å²) in [6.07, 6.45) is 21.0. The number of unbranched alkanes of at least 4 members (excludes halogenated alkanes) is 2. The molecule has 0 N–H and O–H groups in total. The van der Waals surface area contributed by atoms with Gasteiger partial charge < -0.3 is 4.74 Å². The van der Waals surface area contributed by atoms with E-state index in [4.69, 9.17) is 4.74 Å². The van der Waals surface area contributed by atoms with Crippen molar-refractivity contribution in [3.63, 3.8) is 0 Å². The first-order valence-electron chi connectivity index (χ1n) is 11.1. The van der Waals surface area contributed by atoms with Gasteiger partial charge in [0.05, 0.1) is 6.61 Å². The predicted molar refractivity (Wildman–Crippen MR) is 105 cm³/mol. The molecule has 144 valence electrons. The molecule has 0 aliphatic heterocycles. The fourth-order valence-electron chi connectivity index (χ4n) is 4.95. The number of carbonyl (C=O) groups excluding carboxylic acids is 1. The molecule has 2 heteroatoms. The van der Waals surface area contributed by atoms with E-state index in [-0.39, 0.29) is 5.97 Å². The van der Waals surface area contributed by atoms with Crippen LogP contribution in [0, 0.1) is 23.7 Å². The average Bonchev–Trinajstić information content (AvgIpc) is 2.65. The van der Waals surface area contributed by atoms with Crippen LogP contribution in [-0.4, -0.2) is 12.6 Å². The van der Waals surface area contributed by atoms with E-state index in [0.29, 0.717) is 12.5 Å². The van der Waals surface area contributed by atoms with Gasteiger partial charge in [0.15, 0.2) is 0 Å². The van der Waals surface area contributed by atoms with E-state index in [0.717, 1.165) is 37.0 Å². The number of esters is 1. The van der Waals surface area contributed by atoms with Crippen LogP contribution in [0.25, 0.3) is 0 Å². The average molecular weight is 349 g/mol. The van der Waals surface area contributed by atoms with Gasteiger partial charge in [0, 0.05) is 6.08 Å². The summed E-state index contributed by atoms with van der Waals surface area (Å²) in [4.78, 5) is 11.7. The van der Waals surface area contributed by atoms with Gasteiger partial charge in [-0.15, -0.1) is 0 Å². The molecule has 2 aliphatic carbocycles. The summed E-state index contributed by atoms with van der Waals surface area (Å²) in [5.74, 6) is 3.40. The zero-order chi connectivity index (χ0) is 17.9. The fraction of sp³-hybridized carbons (Fsp3) is 0.870. The van der Waals surface area contributed by atoms with Gasteiger partial charge in [0.1, 0.15) is 0 Å². The minimum absolute atomic E-state index is 0.146. The van der Waals surface area contributed by atoms with Crippen LogP contribution in [0.5, 0.6) is 0 Å². The first-order chi connectivity index (χ1) is 12.2. The topological polar surface area (TPSA) is 26.3 Å². The van der Waals surface area contributed by atoms with Gasteiger partial charge >= 0.3 is 5.97 Å². The zero-order valence-electron chi connectivity index (χ0n) is 16.7. The lowest BCUT2D eigenvalue weighted by molar-refractivity contribution is -0.137. The molecule has 2 fully saturated rings. The van der Waals surface area contributed by atoms with Crippen LogP contribution in [0.15, 0.2) is 12.2 Å². The fourth-order valence-corrected chi connectivity index (χ4v) is 4.95. The summed E-state index contributed by atoms with van der Waals surface area (Å²) in [7, 11) is 0. The summed E-state index contributed by atoms with van der Waals surface area (Å²) in [6.45, 7) is 5.06. The van der Waals surface area contributed by atoms with Gasteiger partial charge in [-0.1, -0.05) is 58.4 Å². The van der Waals surface area contributed by atoms with Gasteiger partial charge in [-0.2, -0.15) is 0 Å². The zero-order valence-corrected chi connectivity index (χ0v) is 16.7. The summed E-state index contributed by atoms with van der Waals surface area (Å²) in [6, 6.07) is 0.